The quantitative estimate of drug-likeness (QED) is 0.158. The summed E-state index contributed by atoms with van der Waals surface area (Å²) in [7, 11) is 3.46. The van der Waals surface area contributed by atoms with Crippen LogP contribution >= 0.6 is 0 Å². The Morgan fingerprint density at radius 3 is 2.55 bits per heavy atom. The summed E-state index contributed by atoms with van der Waals surface area (Å²) in [5, 5.41) is 9.13. The molecular weight excluding hydrogens is 807 g/mol. The summed E-state index contributed by atoms with van der Waals surface area (Å²) in [5.41, 5.74) is 10.8. The SMILES string of the molecule is CCn1c(-c2cccnc2[C@H](C)OC)c2c3cc(ccc31)-c1cccc(c1)C[C@H](NC(=O)[C@H](C1CCCC1)N(C)C(=O)[C@H]1CNC[C@H]1C)C(=O)N1CCC[C@H](N1)C(=O)OCC(C)(C)C2. The van der Waals surface area contributed by atoms with E-state index < -0.39 is 29.5 Å². The first-order valence-corrected chi connectivity index (χ1v) is 23.5. The Labute approximate surface area is 378 Å². The second-order valence-electron chi connectivity index (χ2n) is 19.5. The molecule has 3 amide bonds. The molecular formula is C51H67N7O6. The Kier molecular flexibility index (Phi) is 13.6. The average Bonchev–Trinajstić information content (AvgIpc) is 4.06. The molecule has 8 rings (SSSR count). The van der Waals surface area contributed by atoms with Crippen LogP contribution in [0, 0.1) is 23.2 Å². The number of aryl methyl sites for hydroxylation is 1. The normalized spacial score (nSPS) is 24.0. The van der Waals surface area contributed by atoms with Gasteiger partial charge in [-0.2, -0.15) is 0 Å². The van der Waals surface area contributed by atoms with Crippen LogP contribution in [0.3, 0.4) is 0 Å². The fraction of sp³-hybridized carbons (Fsp3) is 0.549. The zero-order valence-corrected chi connectivity index (χ0v) is 38.7. The molecule has 5 heterocycles. The van der Waals surface area contributed by atoms with Gasteiger partial charge in [0.05, 0.1) is 30.0 Å². The molecule has 2 aromatic heterocycles. The van der Waals surface area contributed by atoms with Gasteiger partial charge in [-0.3, -0.25) is 29.2 Å². The maximum Gasteiger partial charge on any atom is 0.324 e. The minimum atomic E-state index is -0.972. The Hall–Kier alpha value is -5.11. The van der Waals surface area contributed by atoms with E-state index in [4.69, 9.17) is 14.5 Å². The first kappa shape index (κ1) is 45.5. The van der Waals surface area contributed by atoms with Gasteiger partial charge in [0.1, 0.15) is 18.1 Å². The fourth-order valence-corrected chi connectivity index (χ4v) is 10.8. The number of nitrogens with one attached hydrogen (secondary N) is 3. The molecule has 2 saturated heterocycles. The van der Waals surface area contributed by atoms with E-state index in [0.29, 0.717) is 32.4 Å². The first-order chi connectivity index (χ1) is 30.8. The Morgan fingerprint density at radius 1 is 1.03 bits per heavy atom. The molecule has 2 aromatic carbocycles. The van der Waals surface area contributed by atoms with Crippen molar-refractivity contribution in [2.75, 3.05) is 40.4 Å². The van der Waals surface area contributed by atoms with Crippen molar-refractivity contribution in [1.29, 1.82) is 0 Å². The van der Waals surface area contributed by atoms with Crippen molar-refractivity contribution in [3.63, 3.8) is 0 Å². The lowest BCUT2D eigenvalue weighted by molar-refractivity contribution is -0.155. The van der Waals surface area contributed by atoms with Gasteiger partial charge in [-0.15, -0.1) is 0 Å². The van der Waals surface area contributed by atoms with E-state index in [9.17, 15) is 19.2 Å². The van der Waals surface area contributed by atoms with Gasteiger partial charge in [0.2, 0.25) is 11.8 Å². The molecule has 13 heteroatoms. The number of cyclic esters (lactones) is 1. The Bertz CT molecular complexity index is 2370. The highest BCUT2D eigenvalue weighted by Crippen LogP contribution is 2.42. The summed E-state index contributed by atoms with van der Waals surface area (Å²) >= 11 is 0. The van der Waals surface area contributed by atoms with Gasteiger partial charge >= 0.3 is 5.97 Å². The number of hydrogen-bond donors (Lipinski definition) is 3. The maximum atomic E-state index is 14.8. The van der Waals surface area contributed by atoms with Crippen molar-refractivity contribution in [3.8, 4) is 22.4 Å². The minimum Gasteiger partial charge on any atom is -0.464 e. The number of esters is 1. The topological polar surface area (TPSA) is 147 Å². The van der Waals surface area contributed by atoms with Crippen LogP contribution in [-0.2, 0) is 48.0 Å². The third-order valence-corrected chi connectivity index (χ3v) is 14.3. The number of fused-ring (bicyclic) bond motifs is 6. The van der Waals surface area contributed by atoms with E-state index >= 15 is 0 Å². The van der Waals surface area contributed by atoms with Gasteiger partial charge < -0.3 is 29.6 Å². The largest absolute Gasteiger partial charge is 0.464 e. The van der Waals surface area contributed by atoms with Crippen molar-refractivity contribution >= 4 is 34.6 Å². The zero-order chi connectivity index (χ0) is 45.3. The molecule has 1 aliphatic carbocycles. The molecule has 0 unspecified atom stereocenters. The molecule has 3 fully saturated rings. The molecule has 0 spiro atoms. The summed E-state index contributed by atoms with van der Waals surface area (Å²) in [6.07, 6.45) is 7.16. The monoisotopic (exact) mass is 874 g/mol. The third-order valence-electron chi connectivity index (χ3n) is 14.3. The zero-order valence-electron chi connectivity index (χ0n) is 38.7. The standard InChI is InChI=1S/C51H67N7O6/c1-8-57-43-21-20-36-26-38(43)39(46(57)37-18-12-22-53-44(37)32(3)63-7)27-51(4,5)30-64-50(62)41-19-13-23-58(55-41)49(61)42(25-33-14-11-17-35(36)24-33)54-47(59)45(34-15-9-10-16-34)56(6)48(60)40-29-52-28-31(40)2/h11-12,14,17-18,20-22,24,26,31-32,34,40-42,45,52,55H,8-10,13,15-16,19,23,25,27-30H2,1-7H3,(H,54,59)/t31-,32+,40+,41+,42+,45+/m1/s1. The summed E-state index contributed by atoms with van der Waals surface area (Å²) in [5.74, 6) is -1.17. The molecule has 3 N–H and O–H groups in total. The number of aromatic nitrogens is 2. The van der Waals surface area contributed by atoms with Crippen LogP contribution < -0.4 is 16.1 Å². The number of hydrogen-bond acceptors (Lipinski definition) is 9. The van der Waals surface area contributed by atoms with Crippen LogP contribution in [0.15, 0.2) is 60.8 Å². The second kappa shape index (κ2) is 19.2. The lowest BCUT2D eigenvalue weighted by Crippen LogP contribution is -2.62. The number of carbonyl (C=O) groups excluding carboxylic acids is 4. The highest BCUT2D eigenvalue weighted by molar-refractivity contribution is 5.96. The van der Waals surface area contributed by atoms with Crippen LogP contribution in [0.2, 0.25) is 0 Å². The molecule has 64 heavy (non-hydrogen) atoms. The number of benzene rings is 2. The number of pyridine rings is 1. The summed E-state index contributed by atoms with van der Waals surface area (Å²) in [4.78, 5) is 64.0. The molecule has 3 aliphatic heterocycles. The number of carbonyl (C=O) groups is 4. The van der Waals surface area contributed by atoms with Crippen LogP contribution in [0.4, 0.5) is 0 Å². The van der Waals surface area contributed by atoms with Crippen molar-refractivity contribution in [2.45, 2.75) is 117 Å². The molecule has 4 aromatic rings. The summed E-state index contributed by atoms with van der Waals surface area (Å²) in [6.45, 7) is 13.1. The molecule has 6 atom stereocenters. The van der Waals surface area contributed by atoms with Crippen LogP contribution in [0.1, 0.15) is 96.1 Å². The third kappa shape index (κ3) is 9.21. The number of methoxy groups -OCH3 is 1. The molecule has 13 nitrogen and oxygen atoms in total. The lowest BCUT2D eigenvalue weighted by Gasteiger charge is -2.37. The van der Waals surface area contributed by atoms with Gasteiger partial charge in [0, 0.05) is 68.3 Å². The van der Waals surface area contributed by atoms with Crippen molar-refractivity contribution in [1.82, 2.24) is 35.5 Å². The average molecular weight is 874 g/mol. The maximum absolute atomic E-state index is 14.8. The van der Waals surface area contributed by atoms with Gasteiger partial charge in [0.25, 0.3) is 5.91 Å². The highest BCUT2D eigenvalue weighted by atomic mass is 16.5. The highest BCUT2D eigenvalue weighted by Gasteiger charge is 2.42. The molecule has 1 saturated carbocycles. The number of rotatable bonds is 9. The number of amides is 3. The number of hydrazine groups is 1. The second-order valence-corrected chi connectivity index (χ2v) is 19.5. The van der Waals surface area contributed by atoms with E-state index in [0.717, 1.165) is 88.9 Å². The van der Waals surface area contributed by atoms with Crippen molar-refractivity contribution < 1.29 is 28.7 Å². The van der Waals surface area contributed by atoms with E-state index in [1.54, 1.807) is 19.1 Å². The predicted octanol–water partition coefficient (Wildman–Crippen LogP) is 6.62. The minimum absolute atomic E-state index is 0.0104. The van der Waals surface area contributed by atoms with E-state index in [2.05, 4.69) is 84.7 Å². The van der Waals surface area contributed by atoms with Gasteiger partial charge in [-0.1, -0.05) is 63.9 Å². The van der Waals surface area contributed by atoms with Gasteiger partial charge in [-0.05, 0) is 111 Å². The molecule has 4 aliphatic rings. The van der Waals surface area contributed by atoms with Crippen LogP contribution in [0.25, 0.3) is 33.3 Å². The van der Waals surface area contributed by atoms with E-state index in [1.165, 1.54) is 5.01 Å². The van der Waals surface area contributed by atoms with Crippen LogP contribution in [-0.4, -0.2) is 102 Å². The number of likely N-dealkylation sites (N-methyl/N-ethyl adjacent to an activating group) is 1. The van der Waals surface area contributed by atoms with Crippen molar-refractivity contribution in [3.05, 3.63) is 77.6 Å². The number of nitrogens with zero attached hydrogens (tertiary/aromatic N) is 4. The summed E-state index contributed by atoms with van der Waals surface area (Å²) in [6, 6.07) is 16.5. The smallest absolute Gasteiger partial charge is 0.324 e. The van der Waals surface area contributed by atoms with E-state index in [1.807, 2.05) is 31.3 Å². The van der Waals surface area contributed by atoms with Crippen molar-refractivity contribution in [2.24, 2.45) is 23.2 Å². The van der Waals surface area contributed by atoms with E-state index in [-0.39, 0.29) is 54.6 Å². The number of ether oxygens (including phenoxy) is 2. The summed E-state index contributed by atoms with van der Waals surface area (Å²) < 4.78 is 14.3. The fourth-order valence-electron chi connectivity index (χ4n) is 10.8. The Morgan fingerprint density at radius 2 is 1.81 bits per heavy atom. The molecule has 0 radical (unpaired) electrons. The predicted molar refractivity (Wildman–Crippen MR) is 248 cm³/mol. The van der Waals surface area contributed by atoms with Gasteiger partial charge in [-0.25, -0.2) is 5.43 Å². The molecule has 342 valence electrons. The lowest BCUT2D eigenvalue weighted by atomic mass is 9.84. The van der Waals surface area contributed by atoms with Gasteiger partial charge in [0.15, 0.2) is 0 Å². The Balaban J connectivity index is 1.21. The van der Waals surface area contributed by atoms with Crippen LogP contribution in [0.5, 0.6) is 0 Å². The molecule has 6 bridgehead atoms. The first-order valence-electron chi connectivity index (χ1n) is 23.5.